The van der Waals surface area contributed by atoms with Gasteiger partial charge in [0.1, 0.15) is 5.82 Å². The Morgan fingerprint density at radius 3 is 2.46 bits per heavy atom. The van der Waals surface area contributed by atoms with Gasteiger partial charge in [0.15, 0.2) is 0 Å². The van der Waals surface area contributed by atoms with Crippen molar-refractivity contribution in [3.8, 4) is 0 Å². The molecule has 1 aliphatic rings. The summed E-state index contributed by atoms with van der Waals surface area (Å²) in [5.74, 6) is 1.57. The SMILES string of the molecule is Cc1cc(N2CCN(Cc3ccccc3)CC2)nc(Nc2cccc(Cl)c2)n1. The van der Waals surface area contributed by atoms with Gasteiger partial charge in [-0.15, -0.1) is 0 Å². The van der Waals surface area contributed by atoms with Crippen LogP contribution in [0, 0.1) is 6.92 Å². The third-order valence-corrected chi connectivity index (χ3v) is 5.10. The molecule has 144 valence electrons. The number of nitrogens with zero attached hydrogens (tertiary/aromatic N) is 4. The minimum atomic E-state index is 0.601. The standard InChI is InChI=1S/C22H24ClN5/c1-17-14-21(26-22(24-17)25-20-9-5-8-19(23)15-20)28-12-10-27(11-13-28)16-18-6-3-2-4-7-18/h2-9,14-15H,10-13,16H2,1H3,(H,24,25,26). The van der Waals surface area contributed by atoms with Gasteiger partial charge in [-0.2, -0.15) is 4.98 Å². The van der Waals surface area contributed by atoms with E-state index in [-0.39, 0.29) is 0 Å². The van der Waals surface area contributed by atoms with Gasteiger partial charge in [0.25, 0.3) is 0 Å². The summed E-state index contributed by atoms with van der Waals surface area (Å²) >= 11 is 6.07. The molecule has 0 spiro atoms. The Kier molecular flexibility index (Phi) is 5.74. The Hall–Kier alpha value is -2.63. The van der Waals surface area contributed by atoms with Crippen LogP contribution < -0.4 is 10.2 Å². The number of aryl methyl sites for hydroxylation is 1. The zero-order valence-corrected chi connectivity index (χ0v) is 16.7. The van der Waals surface area contributed by atoms with Crippen LogP contribution >= 0.6 is 11.6 Å². The molecule has 0 atom stereocenters. The van der Waals surface area contributed by atoms with Crippen LogP contribution in [0.25, 0.3) is 0 Å². The van der Waals surface area contributed by atoms with E-state index in [0.717, 1.165) is 49.9 Å². The first kappa shape index (κ1) is 18.7. The first-order valence-corrected chi connectivity index (χ1v) is 9.93. The van der Waals surface area contributed by atoms with Crippen LogP contribution in [0.1, 0.15) is 11.3 Å². The van der Waals surface area contributed by atoms with Gasteiger partial charge in [0.2, 0.25) is 5.95 Å². The number of halogens is 1. The molecule has 1 aliphatic heterocycles. The second kappa shape index (κ2) is 8.59. The molecule has 1 saturated heterocycles. The van der Waals surface area contributed by atoms with Crippen LogP contribution in [0.4, 0.5) is 17.5 Å². The van der Waals surface area contributed by atoms with Crippen molar-refractivity contribution in [1.29, 1.82) is 0 Å². The Morgan fingerprint density at radius 1 is 0.929 bits per heavy atom. The highest BCUT2D eigenvalue weighted by Gasteiger charge is 2.19. The molecule has 6 heteroatoms. The van der Waals surface area contributed by atoms with Crippen LogP contribution in [0.15, 0.2) is 60.7 Å². The number of nitrogens with one attached hydrogen (secondary N) is 1. The second-order valence-electron chi connectivity index (χ2n) is 7.08. The summed E-state index contributed by atoms with van der Waals surface area (Å²) in [6.07, 6.45) is 0. The fraction of sp³-hybridized carbons (Fsp3) is 0.273. The first-order chi connectivity index (χ1) is 13.7. The summed E-state index contributed by atoms with van der Waals surface area (Å²) in [6, 6.07) is 20.3. The Balaban J connectivity index is 1.41. The molecule has 0 bridgehead atoms. The monoisotopic (exact) mass is 393 g/mol. The van der Waals surface area contributed by atoms with Crippen molar-refractivity contribution in [2.45, 2.75) is 13.5 Å². The van der Waals surface area contributed by atoms with E-state index in [9.17, 15) is 0 Å². The van der Waals surface area contributed by atoms with Crippen molar-refractivity contribution < 1.29 is 0 Å². The molecule has 0 radical (unpaired) electrons. The lowest BCUT2D eigenvalue weighted by molar-refractivity contribution is 0.249. The summed E-state index contributed by atoms with van der Waals surface area (Å²) in [5, 5.41) is 3.95. The van der Waals surface area contributed by atoms with Gasteiger partial charge in [-0.3, -0.25) is 4.90 Å². The number of hydrogen-bond donors (Lipinski definition) is 1. The van der Waals surface area contributed by atoms with Gasteiger partial charge in [0, 0.05) is 55.2 Å². The average Bonchev–Trinajstić information content (AvgIpc) is 2.69. The number of hydrogen-bond acceptors (Lipinski definition) is 5. The van der Waals surface area contributed by atoms with Crippen LogP contribution in [-0.4, -0.2) is 41.0 Å². The summed E-state index contributed by atoms with van der Waals surface area (Å²) < 4.78 is 0. The van der Waals surface area contributed by atoms with Crippen molar-refractivity contribution >= 4 is 29.1 Å². The van der Waals surface area contributed by atoms with Crippen LogP contribution in [0.2, 0.25) is 5.02 Å². The van der Waals surface area contributed by atoms with Gasteiger partial charge >= 0.3 is 0 Å². The van der Waals surface area contributed by atoms with E-state index in [0.29, 0.717) is 11.0 Å². The van der Waals surface area contributed by atoms with E-state index in [1.807, 2.05) is 31.2 Å². The Labute approximate surface area is 171 Å². The van der Waals surface area contributed by atoms with E-state index in [1.165, 1.54) is 5.56 Å². The average molecular weight is 394 g/mol. The molecule has 0 amide bonds. The van der Waals surface area contributed by atoms with E-state index in [1.54, 1.807) is 0 Å². The summed E-state index contributed by atoms with van der Waals surface area (Å²) in [7, 11) is 0. The van der Waals surface area contributed by atoms with Crippen molar-refractivity contribution in [2.24, 2.45) is 0 Å². The highest BCUT2D eigenvalue weighted by Crippen LogP contribution is 2.22. The van der Waals surface area contributed by atoms with E-state index in [2.05, 4.69) is 56.5 Å². The van der Waals surface area contributed by atoms with Gasteiger partial charge in [-0.1, -0.05) is 48.0 Å². The van der Waals surface area contributed by atoms with Gasteiger partial charge < -0.3 is 10.2 Å². The molecule has 1 aromatic heterocycles. The van der Waals surface area contributed by atoms with Crippen molar-refractivity contribution in [3.05, 3.63) is 76.9 Å². The summed E-state index contributed by atoms with van der Waals surface area (Å²) in [4.78, 5) is 14.1. The normalized spacial score (nSPS) is 14.9. The fourth-order valence-corrected chi connectivity index (χ4v) is 3.63. The molecule has 5 nitrogen and oxygen atoms in total. The maximum atomic E-state index is 6.07. The predicted octanol–water partition coefficient (Wildman–Crippen LogP) is 4.50. The Bertz CT molecular complexity index is 923. The van der Waals surface area contributed by atoms with Crippen LogP contribution in [-0.2, 0) is 6.54 Å². The van der Waals surface area contributed by atoms with Gasteiger partial charge in [-0.25, -0.2) is 4.98 Å². The molecule has 2 heterocycles. The molecule has 0 unspecified atom stereocenters. The minimum absolute atomic E-state index is 0.601. The molecule has 2 aromatic carbocycles. The first-order valence-electron chi connectivity index (χ1n) is 9.55. The molecule has 4 rings (SSSR count). The summed E-state index contributed by atoms with van der Waals surface area (Å²) in [5.41, 5.74) is 3.19. The number of aromatic nitrogens is 2. The quantitative estimate of drug-likeness (QED) is 0.691. The third kappa shape index (κ3) is 4.80. The third-order valence-electron chi connectivity index (χ3n) is 4.87. The lowest BCUT2D eigenvalue weighted by Crippen LogP contribution is -2.46. The Morgan fingerprint density at radius 2 is 1.71 bits per heavy atom. The molecular weight excluding hydrogens is 370 g/mol. The van der Waals surface area contributed by atoms with Crippen LogP contribution in [0.5, 0.6) is 0 Å². The highest BCUT2D eigenvalue weighted by atomic mass is 35.5. The number of anilines is 3. The van der Waals surface area contributed by atoms with Crippen molar-refractivity contribution in [3.63, 3.8) is 0 Å². The topological polar surface area (TPSA) is 44.3 Å². The zero-order valence-electron chi connectivity index (χ0n) is 16.0. The smallest absolute Gasteiger partial charge is 0.229 e. The molecule has 0 aliphatic carbocycles. The molecular formula is C22H24ClN5. The summed E-state index contributed by atoms with van der Waals surface area (Å²) in [6.45, 7) is 6.96. The van der Waals surface area contributed by atoms with Crippen molar-refractivity contribution in [2.75, 3.05) is 36.4 Å². The molecule has 1 N–H and O–H groups in total. The maximum Gasteiger partial charge on any atom is 0.229 e. The second-order valence-corrected chi connectivity index (χ2v) is 7.51. The van der Waals surface area contributed by atoms with Crippen LogP contribution in [0.3, 0.4) is 0 Å². The molecule has 0 saturated carbocycles. The van der Waals surface area contributed by atoms with Gasteiger partial charge in [0.05, 0.1) is 0 Å². The van der Waals surface area contributed by atoms with E-state index in [4.69, 9.17) is 16.6 Å². The number of rotatable bonds is 5. The lowest BCUT2D eigenvalue weighted by Gasteiger charge is -2.35. The fourth-order valence-electron chi connectivity index (χ4n) is 3.44. The number of benzene rings is 2. The number of piperazine rings is 1. The molecule has 1 fully saturated rings. The van der Waals surface area contributed by atoms with Gasteiger partial charge in [-0.05, 0) is 30.7 Å². The van der Waals surface area contributed by atoms with Crippen molar-refractivity contribution in [1.82, 2.24) is 14.9 Å². The molecule has 3 aromatic rings. The highest BCUT2D eigenvalue weighted by molar-refractivity contribution is 6.30. The predicted molar refractivity (Wildman–Crippen MR) is 115 cm³/mol. The van der Waals surface area contributed by atoms with E-state index >= 15 is 0 Å². The lowest BCUT2D eigenvalue weighted by atomic mass is 10.2. The zero-order chi connectivity index (χ0) is 19.3. The maximum absolute atomic E-state index is 6.07. The molecule has 28 heavy (non-hydrogen) atoms. The minimum Gasteiger partial charge on any atom is -0.354 e. The van der Waals surface area contributed by atoms with E-state index < -0.39 is 0 Å². The largest absolute Gasteiger partial charge is 0.354 e.